The highest BCUT2D eigenvalue weighted by Crippen LogP contribution is 2.22. The van der Waals surface area contributed by atoms with Gasteiger partial charge in [0.15, 0.2) is 9.84 Å². The molecule has 1 atom stereocenters. The zero-order valence-corrected chi connectivity index (χ0v) is 16.9. The van der Waals surface area contributed by atoms with Crippen LogP contribution in [0.4, 0.5) is 0 Å². The predicted molar refractivity (Wildman–Crippen MR) is 99.0 cm³/mol. The van der Waals surface area contributed by atoms with Gasteiger partial charge in [-0.25, -0.2) is 8.42 Å². The fourth-order valence-electron chi connectivity index (χ4n) is 3.14. The van der Waals surface area contributed by atoms with E-state index in [1.807, 2.05) is 13.2 Å². The summed E-state index contributed by atoms with van der Waals surface area (Å²) in [5, 5.41) is 0. The second kappa shape index (κ2) is 8.01. The van der Waals surface area contributed by atoms with Crippen molar-refractivity contribution in [3.8, 4) is 0 Å². The molecule has 0 radical (unpaired) electrons. The molecule has 0 bridgehead atoms. The minimum Gasteiger partial charge on any atom is -0.345 e. The Morgan fingerprint density at radius 1 is 1.33 bits per heavy atom. The third-order valence-corrected chi connectivity index (χ3v) is 6.84. The van der Waals surface area contributed by atoms with E-state index >= 15 is 0 Å². The number of amides is 1. The van der Waals surface area contributed by atoms with E-state index in [4.69, 9.17) is 0 Å². The fraction of sp³-hybridized carbons (Fsp3) is 0.688. The van der Waals surface area contributed by atoms with Gasteiger partial charge in [0.25, 0.3) is 5.91 Å². The van der Waals surface area contributed by atoms with E-state index in [0.29, 0.717) is 18.7 Å². The number of carbonyl (C=O) groups is 1. The lowest BCUT2D eigenvalue weighted by atomic mass is 10.2. The minimum absolute atomic E-state index is 0.0720. The summed E-state index contributed by atoms with van der Waals surface area (Å²) in [5.41, 5.74) is 0.575. The Kier molecular flexibility index (Phi) is 6.50. The van der Waals surface area contributed by atoms with Crippen molar-refractivity contribution in [2.75, 3.05) is 37.7 Å². The Bertz CT molecular complexity index is 683. The Morgan fingerprint density at radius 2 is 2.00 bits per heavy atom. The number of hydrogen-bond donors (Lipinski definition) is 0. The van der Waals surface area contributed by atoms with Crippen LogP contribution in [0.25, 0.3) is 0 Å². The molecule has 0 N–H and O–H groups in total. The van der Waals surface area contributed by atoms with E-state index in [1.165, 1.54) is 0 Å². The zero-order chi connectivity index (χ0) is 17.9. The highest BCUT2D eigenvalue weighted by atomic mass is 79.9. The van der Waals surface area contributed by atoms with Gasteiger partial charge in [-0.05, 0) is 41.5 Å². The maximum absolute atomic E-state index is 13.0. The van der Waals surface area contributed by atoms with E-state index in [2.05, 4.69) is 34.7 Å². The smallest absolute Gasteiger partial charge is 0.270 e. The SMILES string of the molecule is CCN(CC)CCN(C(=O)c1cc(Br)cn1C)C1CCS(=O)(=O)C1. The Morgan fingerprint density at radius 3 is 2.46 bits per heavy atom. The molecule has 1 amide bonds. The van der Waals surface area contributed by atoms with Crippen molar-refractivity contribution in [1.82, 2.24) is 14.4 Å². The molecule has 0 saturated carbocycles. The average molecular weight is 420 g/mol. The van der Waals surface area contributed by atoms with Crippen molar-refractivity contribution >= 4 is 31.7 Å². The summed E-state index contributed by atoms with van der Waals surface area (Å²) in [7, 11) is -1.21. The van der Waals surface area contributed by atoms with Gasteiger partial charge in [0, 0.05) is 36.8 Å². The van der Waals surface area contributed by atoms with Crippen molar-refractivity contribution in [3.63, 3.8) is 0 Å². The number of hydrogen-bond acceptors (Lipinski definition) is 4. The lowest BCUT2D eigenvalue weighted by Gasteiger charge is -2.31. The van der Waals surface area contributed by atoms with Gasteiger partial charge in [-0.1, -0.05) is 13.8 Å². The predicted octanol–water partition coefficient (Wildman–Crippen LogP) is 1.76. The summed E-state index contributed by atoms with van der Waals surface area (Å²) in [5.74, 6) is 0.143. The van der Waals surface area contributed by atoms with E-state index < -0.39 is 9.84 Å². The second-order valence-electron chi connectivity index (χ2n) is 6.24. The number of sulfone groups is 1. The average Bonchev–Trinajstić information content (AvgIpc) is 3.04. The van der Waals surface area contributed by atoms with Crippen molar-refractivity contribution in [1.29, 1.82) is 0 Å². The number of likely N-dealkylation sites (N-methyl/N-ethyl adjacent to an activating group) is 1. The van der Waals surface area contributed by atoms with Crippen molar-refractivity contribution in [2.24, 2.45) is 7.05 Å². The number of rotatable bonds is 7. The summed E-state index contributed by atoms with van der Waals surface area (Å²) < 4.78 is 26.4. The topological polar surface area (TPSA) is 62.6 Å². The van der Waals surface area contributed by atoms with Gasteiger partial charge in [-0.3, -0.25) is 4.79 Å². The molecule has 2 rings (SSSR count). The molecule has 0 spiro atoms. The standard InChI is InChI=1S/C16H26BrN3O3S/c1-4-19(5-2)7-8-20(14-6-9-24(22,23)12-14)16(21)15-10-13(17)11-18(15)3/h10-11,14H,4-9,12H2,1-3H3. The molecular formula is C16H26BrN3O3S. The van der Waals surface area contributed by atoms with Crippen molar-refractivity contribution in [3.05, 3.63) is 22.4 Å². The van der Waals surface area contributed by atoms with Gasteiger partial charge in [-0.2, -0.15) is 0 Å². The molecule has 136 valence electrons. The number of aromatic nitrogens is 1. The molecule has 1 aliphatic heterocycles. The van der Waals surface area contributed by atoms with Gasteiger partial charge in [0.2, 0.25) is 0 Å². The molecule has 1 fully saturated rings. The van der Waals surface area contributed by atoms with E-state index in [1.54, 1.807) is 15.5 Å². The fourth-order valence-corrected chi connectivity index (χ4v) is 5.40. The lowest BCUT2D eigenvalue weighted by molar-refractivity contribution is 0.0664. The largest absolute Gasteiger partial charge is 0.345 e. The van der Waals surface area contributed by atoms with Gasteiger partial charge < -0.3 is 14.4 Å². The molecule has 24 heavy (non-hydrogen) atoms. The van der Waals surface area contributed by atoms with E-state index in [0.717, 1.165) is 24.1 Å². The third-order valence-electron chi connectivity index (χ3n) is 4.65. The maximum Gasteiger partial charge on any atom is 0.270 e. The maximum atomic E-state index is 13.0. The molecule has 1 aliphatic rings. The van der Waals surface area contributed by atoms with Gasteiger partial charge in [0.05, 0.1) is 11.5 Å². The molecule has 1 saturated heterocycles. The molecular weight excluding hydrogens is 394 g/mol. The Hall–Kier alpha value is -0.860. The number of carbonyl (C=O) groups excluding carboxylic acids is 1. The van der Waals surface area contributed by atoms with Crippen LogP contribution in [0.2, 0.25) is 0 Å². The van der Waals surface area contributed by atoms with E-state index in [9.17, 15) is 13.2 Å². The molecule has 0 aliphatic carbocycles. The summed E-state index contributed by atoms with van der Waals surface area (Å²) in [6, 6.07) is 1.56. The molecule has 2 heterocycles. The molecule has 1 aromatic rings. The van der Waals surface area contributed by atoms with Crippen LogP contribution >= 0.6 is 15.9 Å². The Balaban J connectivity index is 2.21. The monoisotopic (exact) mass is 419 g/mol. The second-order valence-corrected chi connectivity index (χ2v) is 9.38. The van der Waals surface area contributed by atoms with Crippen molar-refractivity contribution < 1.29 is 13.2 Å². The van der Waals surface area contributed by atoms with Crippen LogP contribution in [-0.2, 0) is 16.9 Å². The highest BCUT2D eigenvalue weighted by molar-refractivity contribution is 9.10. The first kappa shape index (κ1) is 19.5. The summed E-state index contributed by atoms with van der Waals surface area (Å²) >= 11 is 3.39. The van der Waals surface area contributed by atoms with Crippen LogP contribution < -0.4 is 0 Å². The van der Waals surface area contributed by atoms with Crippen molar-refractivity contribution in [2.45, 2.75) is 26.3 Å². The first-order valence-electron chi connectivity index (χ1n) is 8.33. The van der Waals surface area contributed by atoms with Crippen LogP contribution in [0.1, 0.15) is 30.8 Å². The van der Waals surface area contributed by atoms with Crippen LogP contribution in [0.5, 0.6) is 0 Å². The molecule has 1 aromatic heterocycles. The number of halogens is 1. The van der Waals surface area contributed by atoms with Gasteiger partial charge >= 0.3 is 0 Å². The Labute approximate surface area is 152 Å². The highest BCUT2D eigenvalue weighted by Gasteiger charge is 2.35. The van der Waals surface area contributed by atoms with E-state index in [-0.39, 0.29) is 23.5 Å². The molecule has 1 unspecified atom stereocenters. The summed E-state index contributed by atoms with van der Waals surface area (Å²) in [4.78, 5) is 17.0. The quantitative estimate of drug-likeness (QED) is 0.675. The van der Waals surface area contributed by atoms with Gasteiger partial charge in [0.1, 0.15) is 5.69 Å². The third kappa shape index (κ3) is 4.61. The normalized spacial score (nSPS) is 19.8. The molecule has 0 aromatic carbocycles. The summed E-state index contributed by atoms with van der Waals surface area (Å²) in [6.07, 6.45) is 2.36. The summed E-state index contributed by atoms with van der Waals surface area (Å²) in [6.45, 7) is 7.30. The van der Waals surface area contributed by atoms with Crippen LogP contribution in [0.15, 0.2) is 16.7 Å². The molecule has 6 nitrogen and oxygen atoms in total. The molecule has 8 heteroatoms. The van der Waals surface area contributed by atoms with Crippen LogP contribution in [-0.4, -0.2) is 72.4 Å². The lowest BCUT2D eigenvalue weighted by Crippen LogP contribution is -2.45. The minimum atomic E-state index is -3.03. The van der Waals surface area contributed by atoms with Gasteiger partial charge in [-0.15, -0.1) is 0 Å². The van der Waals surface area contributed by atoms with Crippen LogP contribution in [0, 0.1) is 0 Å². The zero-order valence-electron chi connectivity index (χ0n) is 14.5. The van der Waals surface area contributed by atoms with Crippen LogP contribution in [0.3, 0.4) is 0 Å². The number of nitrogens with zero attached hydrogens (tertiary/aromatic N) is 3. The first-order valence-corrected chi connectivity index (χ1v) is 10.9. The number of aryl methyl sites for hydroxylation is 1. The first-order chi connectivity index (χ1) is 11.3.